The number of nitrogens with one attached hydrogen (secondary N) is 1. The number of likely N-dealkylation sites (tertiary alicyclic amines) is 1. The van der Waals surface area contributed by atoms with Crippen LogP contribution in [0.1, 0.15) is 29.6 Å². The van der Waals surface area contributed by atoms with Crippen LogP contribution < -0.4 is 5.32 Å². The van der Waals surface area contributed by atoms with E-state index in [0.717, 1.165) is 30.8 Å². The highest BCUT2D eigenvalue weighted by Gasteiger charge is 2.30. The predicted octanol–water partition coefficient (Wildman–Crippen LogP) is 2.08. The SMILES string of the molecule is CSc1ccc(C(=O)NCC[C@@H]2CCC(=O)N2CCN(C)C)cc1. The monoisotopic (exact) mass is 349 g/mol. The van der Waals surface area contributed by atoms with E-state index in [2.05, 4.69) is 10.2 Å². The molecule has 1 N–H and O–H groups in total. The molecule has 1 fully saturated rings. The van der Waals surface area contributed by atoms with E-state index in [4.69, 9.17) is 0 Å². The maximum absolute atomic E-state index is 12.2. The third-order valence-corrected chi connectivity index (χ3v) is 5.10. The molecular formula is C18H27N3O2S. The first kappa shape index (κ1) is 18.8. The smallest absolute Gasteiger partial charge is 0.251 e. The fourth-order valence-corrected chi connectivity index (χ4v) is 3.31. The third kappa shape index (κ3) is 5.24. The highest BCUT2D eigenvalue weighted by atomic mass is 32.2. The molecule has 0 radical (unpaired) electrons. The molecule has 5 nitrogen and oxygen atoms in total. The van der Waals surface area contributed by atoms with E-state index in [-0.39, 0.29) is 17.9 Å². The van der Waals surface area contributed by atoms with Gasteiger partial charge in [-0.3, -0.25) is 9.59 Å². The Hall–Kier alpha value is -1.53. The van der Waals surface area contributed by atoms with Crippen molar-refractivity contribution >= 4 is 23.6 Å². The second-order valence-electron chi connectivity index (χ2n) is 6.36. The summed E-state index contributed by atoms with van der Waals surface area (Å²) in [7, 11) is 4.02. The van der Waals surface area contributed by atoms with E-state index < -0.39 is 0 Å². The van der Waals surface area contributed by atoms with Crippen LogP contribution in [0.3, 0.4) is 0 Å². The van der Waals surface area contributed by atoms with Crippen LogP contribution >= 0.6 is 11.8 Å². The number of hydrogen-bond donors (Lipinski definition) is 1. The van der Waals surface area contributed by atoms with Crippen molar-refractivity contribution in [2.24, 2.45) is 0 Å². The summed E-state index contributed by atoms with van der Waals surface area (Å²) in [5, 5.41) is 2.97. The number of hydrogen-bond acceptors (Lipinski definition) is 4. The molecule has 24 heavy (non-hydrogen) atoms. The molecule has 1 aliphatic rings. The van der Waals surface area contributed by atoms with Crippen LogP contribution in [0.5, 0.6) is 0 Å². The van der Waals surface area contributed by atoms with E-state index >= 15 is 0 Å². The van der Waals surface area contributed by atoms with Crippen LogP contribution in [-0.2, 0) is 4.79 Å². The topological polar surface area (TPSA) is 52.7 Å². The molecule has 2 rings (SSSR count). The second-order valence-corrected chi connectivity index (χ2v) is 7.24. The lowest BCUT2D eigenvalue weighted by Crippen LogP contribution is -2.40. The summed E-state index contributed by atoms with van der Waals surface area (Å²) in [5.41, 5.74) is 0.680. The molecule has 1 atom stereocenters. The van der Waals surface area contributed by atoms with Crippen LogP contribution in [0.15, 0.2) is 29.2 Å². The van der Waals surface area contributed by atoms with E-state index in [1.807, 2.05) is 49.5 Å². The van der Waals surface area contributed by atoms with Crippen molar-refractivity contribution in [2.75, 3.05) is 40.0 Å². The number of benzene rings is 1. The summed E-state index contributed by atoms with van der Waals surface area (Å²) in [6.45, 7) is 2.23. The van der Waals surface area contributed by atoms with Gasteiger partial charge in [0.2, 0.25) is 5.91 Å². The van der Waals surface area contributed by atoms with Gasteiger partial charge in [-0.1, -0.05) is 0 Å². The zero-order chi connectivity index (χ0) is 17.5. The average Bonchev–Trinajstić information content (AvgIpc) is 2.93. The van der Waals surface area contributed by atoms with Gasteiger partial charge >= 0.3 is 0 Å². The van der Waals surface area contributed by atoms with Crippen molar-refractivity contribution in [3.63, 3.8) is 0 Å². The summed E-state index contributed by atoms with van der Waals surface area (Å²) in [6, 6.07) is 7.86. The largest absolute Gasteiger partial charge is 0.352 e. The van der Waals surface area contributed by atoms with E-state index in [0.29, 0.717) is 18.5 Å². The highest BCUT2D eigenvalue weighted by Crippen LogP contribution is 2.21. The van der Waals surface area contributed by atoms with Crippen molar-refractivity contribution in [1.29, 1.82) is 0 Å². The summed E-state index contributed by atoms with van der Waals surface area (Å²) in [6.07, 6.45) is 4.35. The van der Waals surface area contributed by atoms with Gasteiger partial charge in [-0.2, -0.15) is 0 Å². The van der Waals surface area contributed by atoms with Gasteiger partial charge in [-0.05, 0) is 57.5 Å². The zero-order valence-corrected chi connectivity index (χ0v) is 15.6. The Morgan fingerprint density at radius 2 is 2.04 bits per heavy atom. The van der Waals surface area contributed by atoms with Crippen molar-refractivity contribution in [2.45, 2.75) is 30.2 Å². The Balaban J connectivity index is 1.79. The molecule has 0 aromatic heterocycles. The Morgan fingerprint density at radius 3 is 2.67 bits per heavy atom. The molecule has 1 saturated heterocycles. The fourth-order valence-electron chi connectivity index (χ4n) is 2.91. The quantitative estimate of drug-likeness (QED) is 0.730. The van der Waals surface area contributed by atoms with Gasteiger partial charge in [0.15, 0.2) is 0 Å². The number of nitrogens with zero attached hydrogens (tertiary/aromatic N) is 2. The van der Waals surface area contributed by atoms with Gasteiger partial charge < -0.3 is 15.1 Å². The molecule has 0 aliphatic carbocycles. The van der Waals surface area contributed by atoms with Crippen molar-refractivity contribution in [3.05, 3.63) is 29.8 Å². The summed E-state index contributed by atoms with van der Waals surface area (Å²) < 4.78 is 0. The first-order chi connectivity index (χ1) is 11.5. The molecule has 0 bridgehead atoms. The second kappa shape index (κ2) is 9.08. The number of thioether (sulfide) groups is 1. The molecule has 0 spiro atoms. The Morgan fingerprint density at radius 1 is 1.33 bits per heavy atom. The van der Waals surface area contributed by atoms with Crippen LogP contribution in [0.4, 0.5) is 0 Å². The summed E-state index contributed by atoms with van der Waals surface area (Å²) in [5.74, 6) is 0.188. The van der Waals surface area contributed by atoms with Crippen molar-refractivity contribution in [3.8, 4) is 0 Å². The number of amides is 2. The maximum atomic E-state index is 12.2. The van der Waals surface area contributed by atoms with Gasteiger partial charge in [0.1, 0.15) is 0 Å². The summed E-state index contributed by atoms with van der Waals surface area (Å²) in [4.78, 5) is 29.4. The van der Waals surface area contributed by atoms with E-state index in [1.54, 1.807) is 11.8 Å². The Labute approximate surface area is 148 Å². The molecule has 6 heteroatoms. The molecule has 132 valence electrons. The first-order valence-corrected chi connectivity index (χ1v) is 9.60. The number of carbonyl (C=O) groups excluding carboxylic acids is 2. The third-order valence-electron chi connectivity index (χ3n) is 4.36. The fraction of sp³-hybridized carbons (Fsp3) is 0.556. The minimum atomic E-state index is -0.0492. The van der Waals surface area contributed by atoms with Gasteiger partial charge in [-0.15, -0.1) is 11.8 Å². The maximum Gasteiger partial charge on any atom is 0.251 e. The number of rotatable bonds is 8. The molecular weight excluding hydrogens is 322 g/mol. The minimum absolute atomic E-state index is 0.0492. The van der Waals surface area contributed by atoms with Crippen LogP contribution in [0.2, 0.25) is 0 Å². The van der Waals surface area contributed by atoms with Crippen molar-refractivity contribution in [1.82, 2.24) is 15.1 Å². The van der Waals surface area contributed by atoms with Crippen LogP contribution in [0, 0.1) is 0 Å². The molecule has 1 aromatic rings. The van der Waals surface area contributed by atoms with Gasteiger partial charge in [0, 0.05) is 42.6 Å². The normalized spacial score (nSPS) is 17.6. The lowest BCUT2D eigenvalue weighted by Gasteiger charge is -2.26. The molecule has 0 saturated carbocycles. The standard InChI is InChI=1S/C18H27N3O2S/c1-20(2)12-13-21-15(6-9-17(21)22)10-11-19-18(23)14-4-7-16(24-3)8-5-14/h4-5,7-8,15H,6,9-13H2,1-3H3,(H,19,23)/t15-/m0/s1. The van der Waals surface area contributed by atoms with Gasteiger partial charge in [-0.25, -0.2) is 0 Å². The van der Waals surface area contributed by atoms with Crippen LogP contribution in [-0.4, -0.2) is 67.6 Å². The van der Waals surface area contributed by atoms with E-state index in [9.17, 15) is 9.59 Å². The molecule has 1 aliphatic heterocycles. The zero-order valence-electron chi connectivity index (χ0n) is 14.7. The lowest BCUT2D eigenvalue weighted by molar-refractivity contribution is -0.129. The van der Waals surface area contributed by atoms with E-state index in [1.165, 1.54) is 0 Å². The molecule has 1 heterocycles. The minimum Gasteiger partial charge on any atom is -0.352 e. The van der Waals surface area contributed by atoms with Crippen LogP contribution in [0.25, 0.3) is 0 Å². The predicted molar refractivity (Wildman–Crippen MR) is 98.5 cm³/mol. The first-order valence-electron chi connectivity index (χ1n) is 8.37. The highest BCUT2D eigenvalue weighted by molar-refractivity contribution is 7.98. The average molecular weight is 350 g/mol. The number of likely N-dealkylation sites (N-methyl/N-ethyl adjacent to an activating group) is 1. The van der Waals surface area contributed by atoms with Crippen molar-refractivity contribution < 1.29 is 9.59 Å². The Bertz CT molecular complexity index is 560. The molecule has 2 amide bonds. The molecule has 0 unspecified atom stereocenters. The molecule has 1 aromatic carbocycles. The number of carbonyl (C=O) groups is 2. The Kier molecular flexibility index (Phi) is 7.12. The summed E-state index contributed by atoms with van der Waals surface area (Å²) >= 11 is 1.66. The van der Waals surface area contributed by atoms with Gasteiger partial charge in [0.05, 0.1) is 0 Å². The van der Waals surface area contributed by atoms with Gasteiger partial charge in [0.25, 0.3) is 5.91 Å². The lowest BCUT2D eigenvalue weighted by atomic mass is 10.1.